The van der Waals surface area contributed by atoms with Crippen molar-refractivity contribution >= 4 is 63.7 Å². The first-order valence-corrected chi connectivity index (χ1v) is 19.9. The first-order valence-electron chi connectivity index (χ1n) is 19.5. The fraction of sp³-hybridized carbons (Fsp3) is 0.311. The molecule has 1 heterocycles. The van der Waals surface area contributed by atoms with E-state index in [9.17, 15) is 24.0 Å². The Morgan fingerprint density at radius 3 is 2.05 bits per heavy atom. The molecule has 5 aromatic rings. The third-order valence-corrected chi connectivity index (χ3v) is 10.5. The van der Waals surface area contributed by atoms with Crippen LogP contribution < -0.4 is 10.6 Å². The van der Waals surface area contributed by atoms with Crippen LogP contribution in [0, 0.1) is 0 Å². The smallest absolute Gasteiger partial charge is 0.335 e. The molecule has 12 nitrogen and oxygen atoms in total. The normalized spacial score (nSPS) is 11.2. The van der Waals surface area contributed by atoms with Gasteiger partial charge in [-0.05, 0) is 103 Å². The molecule has 0 saturated heterocycles. The summed E-state index contributed by atoms with van der Waals surface area (Å²) in [5, 5.41) is 25.0. The number of aryl methyl sites for hydroxylation is 2. The molecule has 0 aliphatic carbocycles. The third kappa shape index (κ3) is 11.8. The van der Waals surface area contributed by atoms with Gasteiger partial charge in [0.2, 0.25) is 5.91 Å². The summed E-state index contributed by atoms with van der Waals surface area (Å²) < 4.78 is 0. The molecule has 0 bridgehead atoms. The van der Waals surface area contributed by atoms with Gasteiger partial charge in [-0.25, -0.2) is 4.79 Å². The van der Waals surface area contributed by atoms with E-state index in [2.05, 4.69) is 34.4 Å². The van der Waals surface area contributed by atoms with Gasteiger partial charge in [-0.1, -0.05) is 61.8 Å². The van der Waals surface area contributed by atoms with Gasteiger partial charge in [0, 0.05) is 66.3 Å². The highest BCUT2D eigenvalue weighted by Gasteiger charge is 2.23. The van der Waals surface area contributed by atoms with E-state index in [1.807, 2.05) is 54.6 Å². The minimum Gasteiger partial charge on any atom is -0.481 e. The molecule has 3 amide bonds. The summed E-state index contributed by atoms with van der Waals surface area (Å²) in [5.74, 6) is -2.78. The maximum Gasteiger partial charge on any atom is 0.335 e. The number of likely N-dealkylation sites (N-methyl/N-ethyl adjacent to an activating group) is 1. The van der Waals surface area contributed by atoms with Gasteiger partial charge in [0.25, 0.3) is 11.8 Å². The van der Waals surface area contributed by atoms with Gasteiger partial charge in [0.1, 0.15) is 5.82 Å². The predicted octanol–water partition coefficient (Wildman–Crippen LogP) is 8.51. The number of nitrogens with one attached hydrogen (secondary N) is 3. The zero-order valence-corrected chi connectivity index (χ0v) is 33.8. The summed E-state index contributed by atoms with van der Waals surface area (Å²) in [5.41, 5.74) is 5.16. The first-order chi connectivity index (χ1) is 27.8. The van der Waals surface area contributed by atoms with Gasteiger partial charge in [0.15, 0.2) is 0 Å². The van der Waals surface area contributed by atoms with Crippen molar-refractivity contribution in [2.24, 2.45) is 0 Å². The first kappa shape index (κ1) is 43.1. The number of fused-ring (bicyclic) bond motifs is 1. The number of anilines is 2. The Hall–Kier alpha value is -5.98. The molecule has 0 radical (unpaired) electrons. The maximum atomic E-state index is 13.9. The van der Waals surface area contributed by atoms with Gasteiger partial charge in [0.05, 0.1) is 17.5 Å². The minimum absolute atomic E-state index is 0.0496. The molecule has 0 fully saturated rings. The average molecular weight is 808 g/mol. The number of aliphatic carboxylic acids is 1. The Bertz CT molecular complexity index is 2230. The van der Waals surface area contributed by atoms with Crippen LogP contribution >= 0.6 is 11.6 Å². The van der Waals surface area contributed by atoms with Crippen molar-refractivity contribution in [3.63, 3.8) is 0 Å². The third-order valence-electron chi connectivity index (χ3n) is 10.3. The number of aromatic nitrogens is 1. The Morgan fingerprint density at radius 1 is 0.741 bits per heavy atom. The van der Waals surface area contributed by atoms with Gasteiger partial charge >= 0.3 is 11.9 Å². The van der Waals surface area contributed by atoms with Crippen molar-refractivity contribution in [1.82, 2.24) is 14.8 Å². The summed E-state index contributed by atoms with van der Waals surface area (Å²) in [4.78, 5) is 69.3. The molecule has 0 unspecified atom stereocenters. The van der Waals surface area contributed by atoms with E-state index in [4.69, 9.17) is 21.8 Å². The lowest BCUT2D eigenvalue weighted by Gasteiger charge is -2.32. The van der Waals surface area contributed by atoms with Crippen molar-refractivity contribution in [1.29, 1.82) is 0 Å². The number of carboxylic acid groups (broad SMARTS) is 2. The molecule has 0 aliphatic rings. The number of aromatic amines is 1. The molecule has 0 atom stereocenters. The molecule has 304 valence electrons. The average Bonchev–Trinajstić information content (AvgIpc) is 3.56. The number of carbonyl (C=O) groups is 5. The maximum absolute atomic E-state index is 13.9. The molecule has 13 heteroatoms. The molecule has 5 N–H and O–H groups in total. The van der Waals surface area contributed by atoms with E-state index < -0.39 is 23.8 Å². The predicted molar refractivity (Wildman–Crippen MR) is 227 cm³/mol. The highest BCUT2D eigenvalue weighted by atomic mass is 35.5. The molecule has 58 heavy (non-hydrogen) atoms. The number of nitrogens with zero attached hydrogens (tertiary/aromatic N) is 2. The number of halogens is 1. The summed E-state index contributed by atoms with van der Waals surface area (Å²) in [7, 11) is 1.68. The molecule has 0 aliphatic heterocycles. The number of hydrogen-bond donors (Lipinski definition) is 5. The van der Waals surface area contributed by atoms with Crippen LogP contribution in [0.3, 0.4) is 0 Å². The van der Waals surface area contributed by atoms with E-state index in [0.717, 1.165) is 48.8 Å². The van der Waals surface area contributed by atoms with Crippen LogP contribution in [0.15, 0.2) is 91.0 Å². The highest BCUT2D eigenvalue weighted by Crippen LogP contribution is 2.30. The SMILES string of the molecule is CCC(CC)N(CCN(C)C(=O)CCC(=O)O)Cc1cccc(C(=O)Nc2[nH]c3ccc(Cl)cc3c2C(=O)Nc2ccc(CCCc3ccc(C(=O)O)cc3)cc2)c1. The van der Waals surface area contributed by atoms with Crippen LogP contribution in [0.1, 0.15) is 93.7 Å². The molecule has 1 aromatic heterocycles. The monoisotopic (exact) mass is 807 g/mol. The van der Waals surface area contributed by atoms with Gasteiger partial charge in [-0.2, -0.15) is 0 Å². The van der Waals surface area contributed by atoms with E-state index in [-0.39, 0.29) is 41.7 Å². The Labute approximate surface area is 343 Å². The number of rotatable bonds is 20. The van der Waals surface area contributed by atoms with E-state index in [1.54, 1.807) is 48.3 Å². The van der Waals surface area contributed by atoms with E-state index in [0.29, 0.717) is 46.8 Å². The van der Waals surface area contributed by atoms with Crippen molar-refractivity contribution in [2.75, 3.05) is 30.8 Å². The second kappa shape index (κ2) is 20.4. The number of hydrogen-bond acceptors (Lipinski definition) is 6. The number of carboxylic acids is 2. The lowest BCUT2D eigenvalue weighted by Crippen LogP contribution is -2.41. The topological polar surface area (TPSA) is 172 Å². The number of aromatic carboxylic acids is 1. The van der Waals surface area contributed by atoms with Crippen molar-refractivity contribution in [3.8, 4) is 0 Å². The zero-order valence-electron chi connectivity index (χ0n) is 33.0. The molecular weight excluding hydrogens is 758 g/mol. The van der Waals surface area contributed by atoms with Crippen LogP contribution in [-0.4, -0.2) is 80.8 Å². The lowest BCUT2D eigenvalue weighted by atomic mass is 10.0. The zero-order chi connectivity index (χ0) is 41.8. The number of amides is 3. The lowest BCUT2D eigenvalue weighted by molar-refractivity contribution is -0.140. The molecule has 0 saturated carbocycles. The highest BCUT2D eigenvalue weighted by molar-refractivity contribution is 6.32. The van der Waals surface area contributed by atoms with Crippen molar-refractivity contribution < 1.29 is 34.2 Å². The second-order valence-corrected chi connectivity index (χ2v) is 14.8. The summed E-state index contributed by atoms with van der Waals surface area (Å²) in [6, 6.07) is 27.1. The quantitative estimate of drug-likeness (QED) is 0.0521. The van der Waals surface area contributed by atoms with Gasteiger partial charge < -0.3 is 30.7 Å². The molecule has 0 spiro atoms. The van der Waals surface area contributed by atoms with Crippen LogP contribution in [0.4, 0.5) is 11.5 Å². The van der Waals surface area contributed by atoms with Crippen LogP contribution in [0.2, 0.25) is 5.02 Å². The fourth-order valence-corrected chi connectivity index (χ4v) is 7.16. The summed E-state index contributed by atoms with van der Waals surface area (Å²) >= 11 is 6.37. The van der Waals surface area contributed by atoms with Crippen LogP contribution in [0.25, 0.3) is 10.9 Å². The molecule has 5 rings (SSSR count). The standard InChI is InChI=1S/C45H50ClN5O7/c1-4-36(5-2)51(25-24-50(3)39(52)22-23-40(53)54)28-31-10-7-11-33(26-31)43(55)49-42-41(37-27-34(46)18-21-38(37)48-42)44(56)47-35-19-14-30(15-20-35)9-6-8-29-12-16-32(17-13-29)45(57)58/h7,10-21,26-27,36,48H,4-6,8-9,22-25,28H2,1-3H3,(H,47,56)(H,49,55)(H,53,54)(H,57,58). The van der Waals surface area contributed by atoms with Crippen molar-refractivity contribution in [2.45, 2.75) is 71.4 Å². The van der Waals surface area contributed by atoms with Crippen LogP contribution in [-0.2, 0) is 29.0 Å². The summed E-state index contributed by atoms with van der Waals surface area (Å²) in [6.07, 6.45) is 4.00. The number of carbonyl (C=O) groups excluding carboxylic acids is 3. The Balaban J connectivity index is 1.26. The largest absolute Gasteiger partial charge is 0.481 e. The van der Waals surface area contributed by atoms with E-state index in [1.165, 1.54) is 0 Å². The molecule has 4 aromatic carbocycles. The second-order valence-electron chi connectivity index (χ2n) is 14.4. The minimum atomic E-state index is -1.01. The Morgan fingerprint density at radius 2 is 1.41 bits per heavy atom. The molecular formula is C45H50ClN5O7. The summed E-state index contributed by atoms with van der Waals surface area (Å²) in [6.45, 7) is 5.76. The van der Waals surface area contributed by atoms with E-state index >= 15 is 0 Å². The number of H-pyrrole nitrogens is 1. The Kier molecular flexibility index (Phi) is 15.2. The van der Waals surface area contributed by atoms with Crippen LogP contribution in [0.5, 0.6) is 0 Å². The van der Waals surface area contributed by atoms with Crippen molar-refractivity contribution in [3.05, 3.63) is 129 Å². The van der Waals surface area contributed by atoms with Gasteiger partial charge in [-0.3, -0.25) is 24.1 Å². The number of benzene rings is 4. The van der Waals surface area contributed by atoms with Gasteiger partial charge in [-0.15, -0.1) is 0 Å². The fourth-order valence-electron chi connectivity index (χ4n) is 6.99.